The van der Waals surface area contributed by atoms with Gasteiger partial charge < -0.3 is 20.7 Å². The predicted molar refractivity (Wildman–Crippen MR) is 113 cm³/mol. The van der Waals surface area contributed by atoms with E-state index < -0.39 is 30.1 Å². The number of ether oxygens (including phenoxy) is 1. The van der Waals surface area contributed by atoms with E-state index in [2.05, 4.69) is 16.0 Å². The number of urea groups is 1. The number of carbonyl (C=O) groups excluding carboxylic acids is 3. The maximum atomic E-state index is 12.5. The summed E-state index contributed by atoms with van der Waals surface area (Å²) in [6.07, 6.45) is -1.07. The molecule has 154 valence electrons. The van der Waals surface area contributed by atoms with Crippen molar-refractivity contribution < 1.29 is 19.1 Å². The molecular weight excluding hydrogens is 394 g/mol. The molecule has 0 unspecified atom stereocenters. The molecule has 0 aliphatic rings. The Kier molecular flexibility index (Phi) is 8.03. The maximum Gasteiger partial charge on any atom is 0.329 e. The van der Waals surface area contributed by atoms with E-state index in [1.807, 2.05) is 6.07 Å². The lowest BCUT2D eigenvalue weighted by Crippen LogP contribution is -2.48. The molecule has 0 aromatic heterocycles. The number of nitrogens with one attached hydrogen (secondary N) is 3. The summed E-state index contributed by atoms with van der Waals surface area (Å²) in [6.45, 7) is 4.98. The minimum Gasteiger partial charge on any atom is -0.451 e. The van der Waals surface area contributed by atoms with Gasteiger partial charge in [-0.2, -0.15) is 0 Å². The summed E-state index contributed by atoms with van der Waals surface area (Å²) in [7, 11) is 0. The fraction of sp³-hybridized carbons (Fsp3) is 0.286. The van der Waals surface area contributed by atoms with Crippen LogP contribution in [0.5, 0.6) is 0 Å². The highest BCUT2D eigenvalue weighted by Gasteiger charge is 2.29. The van der Waals surface area contributed by atoms with Gasteiger partial charge in [0, 0.05) is 5.69 Å². The molecule has 3 N–H and O–H groups in total. The van der Waals surface area contributed by atoms with Gasteiger partial charge in [0.2, 0.25) is 0 Å². The van der Waals surface area contributed by atoms with Crippen molar-refractivity contribution in [1.29, 1.82) is 0 Å². The Hall–Kier alpha value is -3.06. The van der Waals surface area contributed by atoms with Gasteiger partial charge in [0.15, 0.2) is 6.10 Å². The van der Waals surface area contributed by atoms with Gasteiger partial charge in [-0.25, -0.2) is 9.59 Å². The average Bonchev–Trinajstić information content (AvgIpc) is 2.68. The Bertz CT molecular complexity index is 858. The molecule has 0 heterocycles. The predicted octanol–water partition coefficient (Wildman–Crippen LogP) is 4.06. The maximum absolute atomic E-state index is 12.5. The quantitative estimate of drug-likeness (QED) is 0.592. The summed E-state index contributed by atoms with van der Waals surface area (Å²) in [5, 5.41) is 8.22. The molecule has 0 saturated carbocycles. The minimum atomic E-state index is -1.07. The summed E-state index contributed by atoms with van der Waals surface area (Å²) < 4.78 is 5.26. The van der Waals surface area contributed by atoms with Crippen LogP contribution < -0.4 is 16.0 Å². The van der Waals surface area contributed by atoms with Crippen LogP contribution in [0, 0.1) is 5.92 Å². The van der Waals surface area contributed by atoms with Crippen LogP contribution in [0.4, 0.5) is 16.2 Å². The van der Waals surface area contributed by atoms with E-state index in [1.54, 1.807) is 62.4 Å². The third kappa shape index (κ3) is 6.80. The van der Waals surface area contributed by atoms with Gasteiger partial charge in [-0.1, -0.05) is 55.8 Å². The lowest BCUT2D eigenvalue weighted by Gasteiger charge is -2.23. The van der Waals surface area contributed by atoms with Crippen LogP contribution in [-0.4, -0.2) is 30.1 Å². The smallest absolute Gasteiger partial charge is 0.329 e. The van der Waals surface area contributed by atoms with Gasteiger partial charge in [-0.3, -0.25) is 4.79 Å². The first-order valence-corrected chi connectivity index (χ1v) is 9.54. The van der Waals surface area contributed by atoms with E-state index in [4.69, 9.17) is 16.3 Å². The van der Waals surface area contributed by atoms with E-state index in [-0.39, 0.29) is 5.92 Å². The van der Waals surface area contributed by atoms with Crippen LogP contribution in [-0.2, 0) is 14.3 Å². The Balaban J connectivity index is 1.94. The molecule has 0 aliphatic heterocycles. The second-order valence-corrected chi connectivity index (χ2v) is 7.14. The van der Waals surface area contributed by atoms with Gasteiger partial charge in [-0.15, -0.1) is 0 Å². The lowest BCUT2D eigenvalue weighted by molar-refractivity contribution is -0.156. The van der Waals surface area contributed by atoms with Gasteiger partial charge in [-0.05, 0) is 37.1 Å². The second-order valence-electron chi connectivity index (χ2n) is 6.73. The first-order valence-electron chi connectivity index (χ1n) is 9.16. The topological polar surface area (TPSA) is 96.5 Å². The van der Waals surface area contributed by atoms with E-state index in [9.17, 15) is 14.4 Å². The summed E-state index contributed by atoms with van der Waals surface area (Å²) in [6, 6.07) is 14.1. The standard InChI is InChI=1S/C21H24ClN3O4/c1-13(2)18(25-21(28)23-15-9-5-4-6-10-15)20(27)29-14(3)19(26)24-17-12-8-7-11-16(17)22/h4-14,18H,1-3H3,(H,24,26)(H2,23,25,28)/t14-,18-/m0/s1. The largest absolute Gasteiger partial charge is 0.451 e. The molecule has 2 aromatic rings. The molecule has 0 spiro atoms. The van der Waals surface area contributed by atoms with Crippen LogP contribution in [0.3, 0.4) is 0 Å². The number of para-hydroxylation sites is 2. The highest BCUT2D eigenvalue weighted by molar-refractivity contribution is 6.33. The third-order valence-corrected chi connectivity index (χ3v) is 4.36. The van der Waals surface area contributed by atoms with Crippen LogP contribution >= 0.6 is 11.6 Å². The molecule has 2 atom stereocenters. The van der Waals surface area contributed by atoms with Crippen LogP contribution in [0.1, 0.15) is 20.8 Å². The van der Waals surface area contributed by atoms with Crippen molar-refractivity contribution in [3.05, 3.63) is 59.6 Å². The second kappa shape index (κ2) is 10.5. The number of amides is 3. The zero-order valence-electron chi connectivity index (χ0n) is 16.4. The van der Waals surface area contributed by atoms with E-state index >= 15 is 0 Å². The lowest BCUT2D eigenvalue weighted by atomic mass is 10.0. The van der Waals surface area contributed by atoms with Crippen LogP contribution in [0.25, 0.3) is 0 Å². The Morgan fingerprint density at radius 1 is 0.897 bits per heavy atom. The van der Waals surface area contributed by atoms with Crippen molar-refractivity contribution in [3.63, 3.8) is 0 Å². The van der Waals surface area contributed by atoms with Gasteiger partial charge in [0.25, 0.3) is 5.91 Å². The number of halogens is 1. The monoisotopic (exact) mass is 417 g/mol. The molecule has 0 fully saturated rings. The Morgan fingerprint density at radius 3 is 2.14 bits per heavy atom. The molecule has 0 saturated heterocycles. The van der Waals surface area contributed by atoms with Crippen molar-refractivity contribution in [1.82, 2.24) is 5.32 Å². The van der Waals surface area contributed by atoms with Crippen molar-refractivity contribution in [2.45, 2.75) is 32.9 Å². The number of carbonyl (C=O) groups is 3. The van der Waals surface area contributed by atoms with Gasteiger partial charge in [0.1, 0.15) is 6.04 Å². The van der Waals surface area contributed by atoms with E-state index in [0.717, 1.165) is 0 Å². The molecule has 7 nitrogen and oxygen atoms in total. The fourth-order valence-electron chi connectivity index (χ4n) is 2.43. The molecule has 8 heteroatoms. The molecule has 0 radical (unpaired) electrons. The summed E-state index contributed by atoms with van der Waals surface area (Å²) >= 11 is 6.02. The minimum absolute atomic E-state index is 0.247. The van der Waals surface area contributed by atoms with Crippen molar-refractivity contribution >= 4 is 40.9 Å². The van der Waals surface area contributed by atoms with Crippen molar-refractivity contribution in [3.8, 4) is 0 Å². The van der Waals surface area contributed by atoms with Gasteiger partial charge in [0.05, 0.1) is 10.7 Å². The molecule has 3 amide bonds. The van der Waals surface area contributed by atoms with E-state index in [0.29, 0.717) is 16.4 Å². The van der Waals surface area contributed by atoms with E-state index in [1.165, 1.54) is 6.92 Å². The summed E-state index contributed by atoms with van der Waals surface area (Å²) in [5.74, 6) is -1.48. The number of hydrogen-bond donors (Lipinski definition) is 3. The molecule has 2 rings (SSSR count). The summed E-state index contributed by atoms with van der Waals surface area (Å²) in [5.41, 5.74) is 1.01. The highest BCUT2D eigenvalue weighted by Crippen LogP contribution is 2.20. The first kappa shape index (κ1) is 22.2. The SMILES string of the molecule is CC(C)[C@H](NC(=O)Nc1ccccc1)C(=O)O[C@@H](C)C(=O)Nc1ccccc1Cl. The first-order chi connectivity index (χ1) is 13.8. The molecule has 0 bridgehead atoms. The Morgan fingerprint density at radius 2 is 1.52 bits per heavy atom. The fourth-order valence-corrected chi connectivity index (χ4v) is 2.61. The van der Waals surface area contributed by atoms with Gasteiger partial charge >= 0.3 is 12.0 Å². The van der Waals surface area contributed by atoms with Crippen LogP contribution in [0.15, 0.2) is 54.6 Å². The summed E-state index contributed by atoms with van der Waals surface area (Å²) in [4.78, 5) is 37.1. The van der Waals surface area contributed by atoms with Crippen LogP contribution in [0.2, 0.25) is 5.02 Å². The molecule has 29 heavy (non-hydrogen) atoms. The zero-order chi connectivity index (χ0) is 21.4. The number of rotatable bonds is 7. The molecular formula is C21H24ClN3O4. The number of esters is 1. The highest BCUT2D eigenvalue weighted by atomic mass is 35.5. The average molecular weight is 418 g/mol. The zero-order valence-corrected chi connectivity index (χ0v) is 17.2. The van der Waals surface area contributed by atoms with Crippen molar-refractivity contribution in [2.75, 3.05) is 10.6 Å². The number of hydrogen-bond acceptors (Lipinski definition) is 4. The molecule has 0 aliphatic carbocycles. The van der Waals surface area contributed by atoms with Crippen molar-refractivity contribution in [2.24, 2.45) is 5.92 Å². The number of anilines is 2. The third-order valence-electron chi connectivity index (χ3n) is 4.03. The normalized spacial score (nSPS) is 12.6. The molecule has 2 aromatic carbocycles. The Labute approximate surface area is 174 Å². The number of benzene rings is 2.